The number of guanidine groups is 1. The molecule has 1 aromatic heterocycles. The average molecular weight is 322 g/mol. The van der Waals surface area contributed by atoms with Gasteiger partial charge in [0.1, 0.15) is 0 Å². The van der Waals surface area contributed by atoms with Crippen LogP contribution in [0.15, 0.2) is 23.3 Å². The maximum Gasteiger partial charge on any atom is 0.218 e. The molecule has 1 heterocycles. The zero-order valence-electron chi connectivity index (χ0n) is 14.6. The van der Waals surface area contributed by atoms with E-state index in [0.29, 0.717) is 12.4 Å². The Kier molecular flexibility index (Phi) is 10.6. The molecule has 1 aromatic rings. The molecule has 0 aliphatic rings. The van der Waals surface area contributed by atoms with E-state index < -0.39 is 0 Å². The van der Waals surface area contributed by atoms with Crippen molar-refractivity contribution in [3.05, 3.63) is 23.9 Å². The molecule has 130 valence electrons. The van der Waals surface area contributed by atoms with Gasteiger partial charge in [0.05, 0.1) is 13.7 Å². The minimum absolute atomic E-state index is 0.527. The lowest BCUT2D eigenvalue weighted by molar-refractivity contribution is 0.129. The van der Waals surface area contributed by atoms with Crippen LogP contribution in [-0.4, -0.2) is 44.4 Å². The summed E-state index contributed by atoms with van der Waals surface area (Å²) in [7, 11) is 1.62. The summed E-state index contributed by atoms with van der Waals surface area (Å²) in [5.41, 5.74) is 0.968. The number of hydrogen-bond donors (Lipinski definition) is 2. The minimum atomic E-state index is 0.527. The van der Waals surface area contributed by atoms with Crippen LogP contribution in [-0.2, 0) is 11.3 Å². The normalized spacial score (nSPS) is 11.3. The maximum atomic E-state index is 5.55. The second-order valence-electron chi connectivity index (χ2n) is 5.11. The van der Waals surface area contributed by atoms with Crippen LogP contribution in [0.2, 0.25) is 0 Å². The molecule has 6 nitrogen and oxygen atoms in total. The number of nitrogens with one attached hydrogen (secondary N) is 2. The van der Waals surface area contributed by atoms with Crippen molar-refractivity contribution in [2.24, 2.45) is 4.99 Å². The van der Waals surface area contributed by atoms with E-state index >= 15 is 0 Å². The van der Waals surface area contributed by atoms with Crippen molar-refractivity contribution in [3.8, 4) is 5.88 Å². The lowest BCUT2D eigenvalue weighted by atomic mass is 10.3. The summed E-state index contributed by atoms with van der Waals surface area (Å²) in [5, 5.41) is 6.56. The van der Waals surface area contributed by atoms with Gasteiger partial charge in [0.2, 0.25) is 5.88 Å². The van der Waals surface area contributed by atoms with E-state index in [2.05, 4.69) is 34.5 Å². The smallest absolute Gasteiger partial charge is 0.218 e. The molecule has 0 spiro atoms. The van der Waals surface area contributed by atoms with Crippen molar-refractivity contribution in [2.45, 2.75) is 39.7 Å². The number of unbranched alkanes of at least 4 members (excludes halogenated alkanes) is 1. The Hall–Kier alpha value is -1.82. The van der Waals surface area contributed by atoms with Gasteiger partial charge < -0.3 is 20.1 Å². The molecule has 0 aliphatic carbocycles. The van der Waals surface area contributed by atoms with E-state index in [4.69, 9.17) is 9.47 Å². The number of aromatic nitrogens is 1. The Morgan fingerprint density at radius 1 is 1.22 bits per heavy atom. The number of ether oxygens (including phenoxy) is 2. The molecule has 0 saturated carbocycles. The van der Waals surface area contributed by atoms with Crippen LogP contribution >= 0.6 is 0 Å². The first kappa shape index (κ1) is 19.2. The SMILES string of the molecule is CCCCOCCCNC(=NCc1cccnc1OC)NCC. The Balaban J connectivity index is 2.38. The topological polar surface area (TPSA) is 67.8 Å². The van der Waals surface area contributed by atoms with E-state index in [9.17, 15) is 0 Å². The lowest BCUT2D eigenvalue weighted by Gasteiger charge is -2.12. The molecule has 6 heteroatoms. The highest BCUT2D eigenvalue weighted by molar-refractivity contribution is 5.79. The number of nitrogens with zero attached hydrogens (tertiary/aromatic N) is 2. The van der Waals surface area contributed by atoms with E-state index in [-0.39, 0.29) is 0 Å². The third-order valence-electron chi connectivity index (χ3n) is 3.20. The molecule has 0 amide bonds. The second kappa shape index (κ2) is 12.7. The molecule has 2 N–H and O–H groups in total. The van der Waals surface area contributed by atoms with Crippen molar-refractivity contribution >= 4 is 5.96 Å². The van der Waals surface area contributed by atoms with Gasteiger partial charge >= 0.3 is 0 Å². The standard InChI is InChI=1S/C17H30N4O2/c1-4-6-12-23-13-8-11-20-17(18-5-2)21-14-15-9-7-10-19-16(15)22-3/h7,9-10H,4-6,8,11-14H2,1-3H3,(H2,18,20,21). The van der Waals surface area contributed by atoms with E-state index in [1.165, 1.54) is 6.42 Å². The number of pyridine rings is 1. The van der Waals surface area contributed by atoms with Crippen molar-refractivity contribution in [3.63, 3.8) is 0 Å². The van der Waals surface area contributed by atoms with E-state index in [0.717, 1.165) is 50.7 Å². The number of aliphatic imine (C=N–C) groups is 1. The quantitative estimate of drug-likeness (QED) is 0.372. The second-order valence-corrected chi connectivity index (χ2v) is 5.11. The van der Waals surface area contributed by atoms with Gasteiger partial charge in [0.25, 0.3) is 0 Å². The molecule has 1 rings (SSSR count). The highest BCUT2D eigenvalue weighted by Crippen LogP contribution is 2.14. The first-order valence-electron chi connectivity index (χ1n) is 8.39. The molecular weight excluding hydrogens is 292 g/mol. The molecule has 0 radical (unpaired) electrons. The van der Waals surface area contributed by atoms with Crippen LogP contribution in [0.1, 0.15) is 38.7 Å². The van der Waals surface area contributed by atoms with E-state index in [1.807, 2.05) is 12.1 Å². The zero-order valence-corrected chi connectivity index (χ0v) is 14.6. The Morgan fingerprint density at radius 2 is 2.04 bits per heavy atom. The molecule has 0 aromatic carbocycles. The first-order valence-corrected chi connectivity index (χ1v) is 8.39. The molecule has 0 bridgehead atoms. The summed E-state index contributed by atoms with van der Waals surface area (Å²) in [4.78, 5) is 8.76. The van der Waals surface area contributed by atoms with Gasteiger partial charge in [-0.2, -0.15) is 0 Å². The number of methoxy groups -OCH3 is 1. The van der Waals surface area contributed by atoms with Gasteiger partial charge in [-0.3, -0.25) is 0 Å². The van der Waals surface area contributed by atoms with Gasteiger partial charge in [-0.05, 0) is 25.8 Å². The Morgan fingerprint density at radius 3 is 2.78 bits per heavy atom. The van der Waals surface area contributed by atoms with Crippen LogP contribution < -0.4 is 15.4 Å². The monoisotopic (exact) mass is 322 g/mol. The largest absolute Gasteiger partial charge is 0.481 e. The van der Waals surface area contributed by atoms with Crippen LogP contribution in [0.25, 0.3) is 0 Å². The molecule has 0 aliphatic heterocycles. The summed E-state index contributed by atoms with van der Waals surface area (Å²) in [5.74, 6) is 1.42. The van der Waals surface area contributed by atoms with Crippen molar-refractivity contribution in [1.29, 1.82) is 0 Å². The van der Waals surface area contributed by atoms with Crippen molar-refractivity contribution in [2.75, 3.05) is 33.4 Å². The predicted molar refractivity (Wildman–Crippen MR) is 94.0 cm³/mol. The van der Waals surface area contributed by atoms with Crippen LogP contribution in [0, 0.1) is 0 Å². The lowest BCUT2D eigenvalue weighted by Crippen LogP contribution is -2.38. The molecule has 0 fully saturated rings. The average Bonchev–Trinajstić information content (AvgIpc) is 2.59. The summed E-state index contributed by atoms with van der Waals surface area (Å²) >= 11 is 0. The Bertz CT molecular complexity index is 452. The summed E-state index contributed by atoms with van der Waals surface area (Å²) in [6, 6.07) is 3.86. The van der Waals surface area contributed by atoms with Gasteiger partial charge in [-0.25, -0.2) is 9.98 Å². The van der Waals surface area contributed by atoms with Crippen molar-refractivity contribution in [1.82, 2.24) is 15.6 Å². The first-order chi connectivity index (χ1) is 11.3. The molecule has 0 atom stereocenters. The number of rotatable bonds is 11. The molecule has 23 heavy (non-hydrogen) atoms. The highest BCUT2D eigenvalue weighted by atomic mass is 16.5. The molecule has 0 unspecified atom stereocenters. The maximum absolute atomic E-state index is 5.55. The summed E-state index contributed by atoms with van der Waals surface area (Å²) < 4.78 is 10.8. The van der Waals surface area contributed by atoms with Gasteiger partial charge in [0.15, 0.2) is 5.96 Å². The van der Waals surface area contributed by atoms with Crippen LogP contribution in [0.5, 0.6) is 5.88 Å². The number of hydrogen-bond acceptors (Lipinski definition) is 4. The van der Waals surface area contributed by atoms with Gasteiger partial charge in [0, 0.05) is 38.1 Å². The minimum Gasteiger partial charge on any atom is -0.481 e. The summed E-state index contributed by atoms with van der Waals surface area (Å²) in [6.07, 6.45) is 4.98. The predicted octanol–water partition coefficient (Wildman–Crippen LogP) is 2.35. The fraction of sp³-hybridized carbons (Fsp3) is 0.647. The Labute approximate surface area is 139 Å². The third-order valence-corrected chi connectivity index (χ3v) is 3.20. The van der Waals surface area contributed by atoms with Gasteiger partial charge in [-0.1, -0.05) is 19.4 Å². The fourth-order valence-electron chi connectivity index (χ4n) is 1.96. The van der Waals surface area contributed by atoms with Crippen LogP contribution in [0.3, 0.4) is 0 Å². The zero-order chi connectivity index (χ0) is 16.8. The van der Waals surface area contributed by atoms with E-state index in [1.54, 1.807) is 13.3 Å². The highest BCUT2D eigenvalue weighted by Gasteiger charge is 2.03. The molecule has 0 saturated heterocycles. The van der Waals surface area contributed by atoms with Crippen LogP contribution in [0.4, 0.5) is 0 Å². The fourth-order valence-corrected chi connectivity index (χ4v) is 1.96. The third kappa shape index (κ3) is 8.40. The van der Waals surface area contributed by atoms with Gasteiger partial charge in [-0.15, -0.1) is 0 Å². The van der Waals surface area contributed by atoms with Crippen molar-refractivity contribution < 1.29 is 9.47 Å². The summed E-state index contributed by atoms with van der Waals surface area (Å²) in [6.45, 7) is 8.04. The molecular formula is C17H30N4O2.